The van der Waals surface area contributed by atoms with E-state index in [1.165, 1.54) is 6.07 Å². The van der Waals surface area contributed by atoms with Crippen molar-refractivity contribution in [1.29, 1.82) is 0 Å². The molecule has 0 bridgehead atoms. The van der Waals surface area contributed by atoms with Crippen LogP contribution in [0.15, 0.2) is 23.1 Å². The fourth-order valence-electron chi connectivity index (χ4n) is 1.87. The number of rotatable bonds is 8. The van der Waals surface area contributed by atoms with E-state index < -0.39 is 10.0 Å². The van der Waals surface area contributed by atoms with E-state index in [9.17, 15) is 8.42 Å². The summed E-state index contributed by atoms with van der Waals surface area (Å²) in [5.74, 6) is 0. The summed E-state index contributed by atoms with van der Waals surface area (Å²) in [5.41, 5.74) is 1.28. The molecule has 0 saturated carbocycles. The molecule has 0 aliphatic carbocycles. The van der Waals surface area contributed by atoms with Gasteiger partial charge in [-0.15, -0.1) is 0 Å². The molecule has 20 heavy (non-hydrogen) atoms. The lowest BCUT2D eigenvalue weighted by Crippen LogP contribution is -2.26. The summed E-state index contributed by atoms with van der Waals surface area (Å²) in [4.78, 5) is 2.32. The molecule has 0 spiro atoms. The lowest BCUT2D eigenvalue weighted by molar-refractivity contribution is 0.281. The summed E-state index contributed by atoms with van der Waals surface area (Å²) in [6.45, 7) is 2.97. The fraction of sp³-hybridized carbons (Fsp3) is 0.571. The minimum atomic E-state index is -3.50. The predicted molar refractivity (Wildman–Crippen MR) is 80.1 cm³/mol. The highest BCUT2D eigenvalue weighted by Gasteiger charge is 2.16. The van der Waals surface area contributed by atoms with Crippen LogP contribution < -0.4 is 4.72 Å². The van der Waals surface area contributed by atoms with Crippen LogP contribution in [0.2, 0.25) is 0 Å². The van der Waals surface area contributed by atoms with Crippen molar-refractivity contribution >= 4 is 10.0 Å². The number of unbranched alkanes of at least 4 members (excludes halogenated alkanes) is 1. The molecule has 0 atom stereocenters. The van der Waals surface area contributed by atoms with Crippen LogP contribution in [-0.2, 0) is 16.6 Å². The van der Waals surface area contributed by atoms with Gasteiger partial charge in [-0.2, -0.15) is 0 Å². The smallest absolute Gasteiger partial charge is 0.240 e. The molecule has 0 aromatic heterocycles. The van der Waals surface area contributed by atoms with Gasteiger partial charge in [0.1, 0.15) is 0 Å². The standard InChI is InChI=1S/C14H24N2O3S/c1-12-6-7-13(11-17)10-14(12)20(18,19)15-8-4-5-9-16(2)3/h6-7,10,15,17H,4-5,8-9,11H2,1-3H3. The molecule has 1 aromatic carbocycles. The van der Waals surface area contributed by atoms with Crippen LogP contribution in [0.5, 0.6) is 0 Å². The van der Waals surface area contributed by atoms with Crippen LogP contribution in [0.3, 0.4) is 0 Å². The van der Waals surface area contributed by atoms with Crippen molar-refractivity contribution in [3.63, 3.8) is 0 Å². The van der Waals surface area contributed by atoms with Gasteiger partial charge < -0.3 is 10.0 Å². The molecule has 2 N–H and O–H groups in total. The second-order valence-electron chi connectivity index (χ2n) is 5.17. The number of hydrogen-bond acceptors (Lipinski definition) is 4. The van der Waals surface area contributed by atoms with Gasteiger partial charge in [-0.1, -0.05) is 12.1 Å². The average molecular weight is 300 g/mol. The van der Waals surface area contributed by atoms with Crippen molar-refractivity contribution < 1.29 is 13.5 Å². The highest BCUT2D eigenvalue weighted by atomic mass is 32.2. The van der Waals surface area contributed by atoms with E-state index in [4.69, 9.17) is 5.11 Å². The monoisotopic (exact) mass is 300 g/mol. The quantitative estimate of drug-likeness (QED) is 0.706. The van der Waals surface area contributed by atoms with Gasteiger partial charge >= 0.3 is 0 Å². The number of aliphatic hydroxyl groups excluding tert-OH is 1. The first-order chi connectivity index (χ1) is 9.36. The lowest BCUT2D eigenvalue weighted by atomic mass is 10.2. The number of benzene rings is 1. The molecule has 6 heteroatoms. The average Bonchev–Trinajstić information content (AvgIpc) is 2.38. The van der Waals surface area contributed by atoms with Gasteiger partial charge in [0.25, 0.3) is 0 Å². The highest BCUT2D eigenvalue weighted by molar-refractivity contribution is 7.89. The summed E-state index contributed by atoms with van der Waals surface area (Å²) in [7, 11) is 0.489. The van der Waals surface area contributed by atoms with Gasteiger partial charge in [-0.05, 0) is 57.6 Å². The topological polar surface area (TPSA) is 69.6 Å². The van der Waals surface area contributed by atoms with E-state index in [1.807, 2.05) is 14.1 Å². The van der Waals surface area contributed by atoms with E-state index in [0.29, 0.717) is 17.7 Å². The van der Waals surface area contributed by atoms with Crippen molar-refractivity contribution in [2.75, 3.05) is 27.2 Å². The van der Waals surface area contributed by atoms with Crippen LogP contribution in [0.4, 0.5) is 0 Å². The molecule has 0 aliphatic rings. The van der Waals surface area contributed by atoms with Gasteiger partial charge in [-0.3, -0.25) is 0 Å². The second-order valence-corrected chi connectivity index (χ2v) is 6.90. The molecule has 1 aromatic rings. The number of nitrogens with one attached hydrogen (secondary N) is 1. The third kappa shape index (κ3) is 5.20. The molecular weight excluding hydrogens is 276 g/mol. The van der Waals surface area contributed by atoms with Crippen LogP contribution >= 0.6 is 0 Å². The first kappa shape index (κ1) is 17.1. The van der Waals surface area contributed by atoms with Crippen LogP contribution in [0.1, 0.15) is 24.0 Å². The summed E-state index contributed by atoms with van der Waals surface area (Å²) in [5, 5.41) is 9.10. The Morgan fingerprint density at radius 2 is 1.95 bits per heavy atom. The molecule has 0 fully saturated rings. The number of aryl methyl sites for hydroxylation is 1. The zero-order valence-electron chi connectivity index (χ0n) is 12.4. The summed E-state index contributed by atoms with van der Waals surface area (Å²) < 4.78 is 27.0. The molecule has 1 rings (SSSR count). The predicted octanol–water partition coefficient (Wildman–Crippen LogP) is 1.11. The van der Waals surface area contributed by atoms with E-state index in [2.05, 4.69) is 9.62 Å². The lowest BCUT2D eigenvalue weighted by Gasteiger charge is -2.12. The Balaban J connectivity index is 2.64. The van der Waals surface area contributed by atoms with Crippen molar-refractivity contribution in [2.24, 2.45) is 0 Å². The van der Waals surface area contributed by atoms with Crippen molar-refractivity contribution in [3.05, 3.63) is 29.3 Å². The maximum Gasteiger partial charge on any atom is 0.240 e. The van der Waals surface area contributed by atoms with Crippen molar-refractivity contribution in [1.82, 2.24) is 9.62 Å². The third-order valence-corrected chi connectivity index (χ3v) is 4.65. The van der Waals surface area contributed by atoms with Gasteiger partial charge in [-0.25, -0.2) is 13.1 Å². The highest BCUT2D eigenvalue weighted by Crippen LogP contribution is 2.17. The van der Waals surface area contributed by atoms with Crippen LogP contribution in [-0.4, -0.2) is 45.6 Å². The molecular formula is C14H24N2O3S. The maximum absolute atomic E-state index is 12.2. The molecule has 0 aliphatic heterocycles. The van der Waals surface area contributed by atoms with E-state index in [-0.39, 0.29) is 11.5 Å². The molecule has 5 nitrogen and oxygen atoms in total. The Labute approximate surface area is 121 Å². The largest absolute Gasteiger partial charge is 0.392 e. The minimum Gasteiger partial charge on any atom is -0.392 e. The second kappa shape index (κ2) is 7.73. The zero-order chi connectivity index (χ0) is 15.2. The first-order valence-corrected chi connectivity index (χ1v) is 8.20. The Hall–Kier alpha value is -0.950. The Kier molecular flexibility index (Phi) is 6.61. The van der Waals surface area contributed by atoms with Gasteiger partial charge in [0, 0.05) is 6.54 Å². The summed E-state index contributed by atoms with van der Waals surface area (Å²) in [6, 6.07) is 4.97. The molecule has 0 heterocycles. The van der Waals surface area contributed by atoms with E-state index in [0.717, 1.165) is 19.4 Å². The third-order valence-electron chi connectivity index (χ3n) is 3.05. The molecule has 0 radical (unpaired) electrons. The first-order valence-electron chi connectivity index (χ1n) is 6.71. The van der Waals surface area contributed by atoms with Gasteiger partial charge in [0.15, 0.2) is 0 Å². The van der Waals surface area contributed by atoms with E-state index in [1.54, 1.807) is 19.1 Å². The molecule has 0 saturated heterocycles. The zero-order valence-corrected chi connectivity index (χ0v) is 13.2. The fourth-order valence-corrected chi connectivity index (χ4v) is 3.24. The Morgan fingerprint density at radius 3 is 2.55 bits per heavy atom. The molecule has 114 valence electrons. The summed E-state index contributed by atoms with van der Waals surface area (Å²) >= 11 is 0. The van der Waals surface area contributed by atoms with Gasteiger partial charge in [0.05, 0.1) is 11.5 Å². The summed E-state index contributed by atoms with van der Waals surface area (Å²) in [6.07, 6.45) is 1.75. The van der Waals surface area contributed by atoms with Crippen LogP contribution in [0, 0.1) is 6.92 Å². The van der Waals surface area contributed by atoms with Gasteiger partial charge in [0.2, 0.25) is 10.0 Å². The Bertz CT molecular complexity index is 527. The maximum atomic E-state index is 12.2. The van der Waals surface area contributed by atoms with E-state index >= 15 is 0 Å². The van der Waals surface area contributed by atoms with Crippen molar-refractivity contribution in [2.45, 2.75) is 31.3 Å². The minimum absolute atomic E-state index is 0.161. The normalized spacial score (nSPS) is 12.1. The SMILES string of the molecule is Cc1ccc(CO)cc1S(=O)(=O)NCCCCN(C)C. The Morgan fingerprint density at radius 1 is 1.25 bits per heavy atom. The number of aliphatic hydroxyl groups is 1. The van der Waals surface area contributed by atoms with Crippen LogP contribution in [0.25, 0.3) is 0 Å². The molecule has 0 amide bonds. The number of hydrogen-bond donors (Lipinski definition) is 2. The molecule has 0 unspecified atom stereocenters. The van der Waals surface area contributed by atoms with Crippen molar-refractivity contribution in [3.8, 4) is 0 Å². The number of sulfonamides is 1. The number of nitrogens with zero attached hydrogens (tertiary/aromatic N) is 1.